The monoisotopic (exact) mass is 339 g/mol. The molecule has 1 aliphatic rings. The number of para-hydroxylation sites is 2. The smallest absolute Gasteiger partial charge is 0.225 e. The number of aromatic nitrogens is 4. The van der Waals surface area contributed by atoms with Crippen molar-refractivity contribution >= 4 is 16.9 Å². The summed E-state index contributed by atoms with van der Waals surface area (Å²) in [4.78, 5) is 26.6. The van der Waals surface area contributed by atoms with Crippen molar-refractivity contribution < 1.29 is 9.53 Å². The van der Waals surface area contributed by atoms with Crippen molar-refractivity contribution in [2.24, 2.45) is 0 Å². The van der Waals surface area contributed by atoms with Crippen LogP contribution in [0.1, 0.15) is 24.7 Å². The zero-order chi connectivity index (χ0) is 17.2. The second kappa shape index (κ2) is 6.68. The van der Waals surface area contributed by atoms with Gasteiger partial charge in [0, 0.05) is 45.4 Å². The van der Waals surface area contributed by atoms with Gasteiger partial charge in [0.05, 0.1) is 29.5 Å². The molecule has 0 radical (unpaired) electrons. The number of ether oxygens (including phenoxy) is 1. The summed E-state index contributed by atoms with van der Waals surface area (Å²) >= 11 is 0. The maximum Gasteiger partial charge on any atom is 0.225 e. The van der Waals surface area contributed by atoms with Gasteiger partial charge >= 0.3 is 0 Å². The number of nitrogens with zero attached hydrogens (tertiary/aromatic N) is 4. The first-order chi connectivity index (χ1) is 12.3. The summed E-state index contributed by atoms with van der Waals surface area (Å²) in [5, 5.41) is 0. The summed E-state index contributed by atoms with van der Waals surface area (Å²) in [5.74, 6) is 0.930. The van der Waals surface area contributed by atoms with Gasteiger partial charge in [-0.25, -0.2) is 9.97 Å². The van der Waals surface area contributed by atoms with E-state index in [1.165, 1.54) is 0 Å². The minimum absolute atomic E-state index is 0.0491. The molecule has 1 aliphatic heterocycles. The molecule has 1 saturated heterocycles. The lowest BCUT2D eigenvalue weighted by Crippen LogP contribution is -2.33. The number of hydrogen-bond acceptors (Lipinski definition) is 4. The van der Waals surface area contributed by atoms with E-state index in [-0.39, 0.29) is 18.1 Å². The second-order valence-electron chi connectivity index (χ2n) is 6.31. The Hall–Kier alpha value is -2.67. The van der Waals surface area contributed by atoms with Crippen molar-refractivity contribution in [3.8, 4) is 0 Å². The molecule has 1 fully saturated rings. The van der Waals surface area contributed by atoms with Crippen molar-refractivity contribution in [3.05, 3.63) is 48.8 Å². The van der Waals surface area contributed by atoms with Gasteiger partial charge in [-0.05, 0) is 12.1 Å². The van der Waals surface area contributed by atoms with E-state index >= 15 is 0 Å². The van der Waals surface area contributed by atoms with E-state index in [9.17, 15) is 4.79 Å². The number of carbonyl (C=O) groups is 1. The van der Waals surface area contributed by atoms with Crippen LogP contribution in [0.3, 0.4) is 0 Å². The van der Waals surface area contributed by atoms with E-state index < -0.39 is 0 Å². The highest BCUT2D eigenvalue weighted by Crippen LogP contribution is 2.32. The third kappa shape index (κ3) is 3.02. The number of likely N-dealkylation sites (tertiary alicyclic amines) is 1. The van der Waals surface area contributed by atoms with E-state index in [0.717, 1.165) is 23.3 Å². The summed E-state index contributed by atoms with van der Waals surface area (Å²) in [6.07, 6.45) is 6.54. The van der Waals surface area contributed by atoms with Crippen LogP contribution in [0.25, 0.3) is 11.0 Å². The van der Waals surface area contributed by atoms with Crippen LogP contribution in [-0.2, 0) is 16.1 Å². The van der Waals surface area contributed by atoms with Crippen LogP contribution in [0.2, 0.25) is 0 Å². The molecule has 1 unspecified atom stereocenters. The molecule has 0 bridgehead atoms. The Kier molecular flexibility index (Phi) is 4.23. The molecule has 2 aromatic heterocycles. The van der Waals surface area contributed by atoms with Gasteiger partial charge in [-0.2, -0.15) is 0 Å². The Balaban J connectivity index is 1.47. The van der Waals surface area contributed by atoms with Gasteiger partial charge in [-0.3, -0.25) is 4.79 Å². The summed E-state index contributed by atoms with van der Waals surface area (Å²) in [7, 11) is 1.69. The van der Waals surface area contributed by atoms with Gasteiger partial charge in [0.25, 0.3) is 0 Å². The van der Waals surface area contributed by atoms with Crippen LogP contribution in [0.5, 0.6) is 0 Å². The number of fused-ring (bicyclic) bond motifs is 1. The molecule has 3 heterocycles. The highest BCUT2D eigenvalue weighted by atomic mass is 16.5. The van der Waals surface area contributed by atoms with E-state index in [1.54, 1.807) is 25.8 Å². The van der Waals surface area contributed by atoms with E-state index in [2.05, 4.69) is 15.0 Å². The number of imidazole rings is 2. The predicted molar refractivity (Wildman–Crippen MR) is 92.8 cm³/mol. The number of amides is 1. The number of H-pyrrole nitrogens is 1. The molecule has 0 spiro atoms. The first kappa shape index (κ1) is 15.8. The van der Waals surface area contributed by atoms with Crippen molar-refractivity contribution in [2.45, 2.75) is 31.5 Å². The molecule has 1 aromatic carbocycles. The van der Waals surface area contributed by atoms with Crippen molar-refractivity contribution in [2.75, 3.05) is 13.7 Å². The molecule has 1 amide bonds. The molecule has 130 valence electrons. The largest absolute Gasteiger partial charge is 0.380 e. The summed E-state index contributed by atoms with van der Waals surface area (Å²) in [5.41, 5.74) is 2.00. The summed E-state index contributed by atoms with van der Waals surface area (Å²) < 4.78 is 7.50. The number of rotatable bonds is 5. The van der Waals surface area contributed by atoms with Crippen molar-refractivity contribution in [3.63, 3.8) is 0 Å². The number of aryl methyl sites for hydroxylation is 1. The van der Waals surface area contributed by atoms with Crippen LogP contribution in [-0.4, -0.2) is 50.1 Å². The minimum atomic E-state index is -0.0491. The number of benzene rings is 1. The van der Waals surface area contributed by atoms with E-state index in [1.807, 2.05) is 33.7 Å². The number of methoxy groups -OCH3 is 1. The Morgan fingerprint density at radius 3 is 3.04 bits per heavy atom. The lowest BCUT2D eigenvalue weighted by molar-refractivity contribution is -0.132. The lowest BCUT2D eigenvalue weighted by atomic mass is 10.2. The number of hydrogen-bond donors (Lipinski definition) is 1. The van der Waals surface area contributed by atoms with E-state index in [4.69, 9.17) is 4.74 Å². The van der Waals surface area contributed by atoms with Crippen molar-refractivity contribution in [1.82, 2.24) is 24.4 Å². The topological polar surface area (TPSA) is 76.0 Å². The molecule has 1 N–H and O–H groups in total. The quantitative estimate of drug-likeness (QED) is 0.773. The van der Waals surface area contributed by atoms with Gasteiger partial charge in [0.15, 0.2) is 0 Å². The first-order valence-corrected chi connectivity index (χ1v) is 8.47. The molecule has 7 nitrogen and oxygen atoms in total. The van der Waals surface area contributed by atoms with Crippen LogP contribution in [0, 0.1) is 0 Å². The maximum atomic E-state index is 12.8. The molecule has 0 saturated carbocycles. The zero-order valence-corrected chi connectivity index (χ0v) is 14.1. The fourth-order valence-corrected chi connectivity index (χ4v) is 3.51. The third-order valence-corrected chi connectivity index (χ3v) is 4.85. The number of nitrogens with one attached hydrogen (secondary N) is 1. The summed E-state index contributed by atoms with van der Waals surface area (Å²) in [6, 6.07) is 7.90. The molecular formula is C18H21N5O2. The Labute approximate surface area is 145 Å². The lowest BCUT2D eigenvalue weighted by Gasteiger charge is -2.23. The average molecular weight is 339 g/mol. The molecule has 3 aromatic rings. The Morgan fingerprint density at radius 1 is 1.36 bits per heavy atom. The summed E-state index contributed by atoms with van der Waals surface area (Å²) in [6.45, 7) is 1.21. The Bertz CT molecular complexity index is 857. The maximum absolute atomic E-state index is 12.8. The fraction of sp³-hybridized carbons (Fsp3) is 0.389. The zero-order valence-electron chi connectivity index (χ0n) is 14.1. The molecule has 7 heteroatoms. The van der Waals surface area contributed by atoms with Gasteiger partial charge in [-0.15, -0.1) is 0 Å². The molecule has 25 heavy (non-hydrogen) atoms. The molecule has 2 atom stereocenters. The minimum Gasteiger partial charge on any atom is -0.380 e. The van der Waals surface area contributed by atoms with Crippen molar-refractivity contribution in [1.29, 1.82) is 0 Å². The van der Waals surface area contributed by atoms with Gasteiger partial charge in [0.2, 0.25) is 5.91 Å². The Morgan fingerprint density at radius 2 is 2.24 bits per heavy atom. The van der Waals surface area contributed by atoms with E-state index in [0.29, 0.717) is 19.5 Å². The predicted octanol–water partition coefficient (Wildman–Crippen LogP) is 2.14. The van der Waals surface area contributed by atoms with Crippen LogP contribution in [0.15, 0.2) is 43.0 Å². The van der Waals surface area contributed by atoms with Gasteiger partial charge < -0.3 is 19.2 Å². The van der Waals surface area contributed by atoms with Crippen LogP contribution in [0.4, 0.5) is 0 Å². The fourth-order valence-electron chi connectivity index (χ4n) is 3.51. The van der Waals surface area contributed by atoms with Gasteiger partial charge in [0.1, 0.15) is 5.82 Å². The number of aromatic amines is 1. The molecular weight excluding hydrogens is 318 g/mol. The van der Waals surface area contributed by atoms with Gasteiger partial charge in [-0.1, -0.05) is 12.1 Å². The average Bonchev–Trinajstić information content (AvgIpc) is 3.38. The standard InChI is InChI=1S/C18H21N5O2/c1-25-13-10-16(18-19-7-8-20-18)23(11-13)17(24)6-9-22-12-21-14-4-2-3-5-15(14)22/h2-5,7-8,12-13,16H,6,9-11H2,1H3,(H,19,20)/t13-,16?/m1/s1. The highest BCUT2D eigenvalue weighted by Gasteiger charge is 2.37. The molecule has 0 aliphatic carbocycles. The first-order valence-electron chi connectivity index (χ1n) is 8.47. The SMILES string of the molecule is CO[C@@H]1CC(c2ncc[nH]2)N(C(=O)CCn2cnc3ccccc32)C1. The number of carbonyl (C=O) groups excluding carboxylic acids is 1. The normalized spacial score (nSPS) is 20.4. The third-order valence-electron chi connectivity index (χ3n) is 4.85. The highest BCUT2D eigenvalue weighted by molar-refractivity contribution is 5.78. The molecule has 4 rings (SSSR count). The van der Waals surface area contributed by atoms with Crippen LogP contribution < -0.4 is 0 Å². The second-order valence-corrected chi connectivity index (χ2v) is 6.31. The van der Waals surface area contributed by atoms with Crippen LogP contribution >= 0.6 is 0 Å².